The Balaban J connectivity index is 1.58. The molecular weight excluding hydrogens is 444 g/mol. The summed E-state index contributed by atoms with van der Waals surface area (Å²) in [5, 5.41) is 4.29. The highest BCUT2D eigenvalue weighted by atomic mass is 16.5. The molecule has 172 valence electrons. The van der Waals surface area contributed by atoms with E-state index in [1.807, 2.05) is 66.7 Å². The molecule has 4 nitrogen and oxygen atoms in total. The van der Waals surface area contributed by atoms with E-state index in [0.29, 0.717) is 0 Å². The summed E-state index contributed by atoms with van der Waals surface area (Å²) in [6.07, 6.45) is -0.387. The fourth-order valence-electron chi connectivity index (χ4n) is 5.32. The van der Waals surface area contributed by atoms with Gasteiger partial charge in [0.15, 0.2) is 0 Å². The van der Waals surface area contributed by atoms with Crippen LogP contribution in [0.2, 0.25) is 0 Å². The van der Waals surface area contributed by atoms with Crippen LogP contribution in [0.5, 0.6) is 0 Å². The average molecular weight is 467 g/mol. The predicted molar refractivity (Wildman–Crippen MR) is 146 cm³/mol. The summed E-state index contributed by atoms with van der Waals surface area (Å²) in [6, 6.07) is 40.8. The standard InChI is InChI=1S/C32H22N2O2/c35-32(36-21-22-11-3-1-4-12-22)34-29-18-10-8-16-25(29)27-20-19-26-24-15-7-9-17-28(24)33(30(26)31(27)34)23-13-5-2-6-14-23/h1-20H,21H2. The molecule has 0 spiro atoms. The first kappa shape index (κ1) is 20.5. The van der Waals surface area contributed by atoms with E-state index >= 15 is 0 Å². The van der Waals surface area contributed by atoms with E-state index in [1.54, 1.807) is 4.57 Å². The smallest absolute Gasteiger partial charge is 0.419 e. The Kier molecular flexibility index (Phi) is 4.64. The molecule has 0 saturated heterocycles. The monoisotopic (exact) mass is 466 g/mol. The van der Waals surface area contributed by atoms with E-state index in [9.17, 15) is 4.79 Å². The first-order valence-corrected chi connectivity index (χ1v) is 12.0. The van der Waals surface area contributed by atoms with Gasteiger partial charge in [0.2, 0.25) is 0 Å². The summed E-state index contributed by atoms with van der Waals surface area (Å²) >= 11 is 0. The molecule has 5 aromatic carbocycles. The molecule has 7 aromatic rings. The highest BCUT2D eigenvalue weighted by molar-refractivity contribution is 6.25. The molecule has 0 aliphatic rings. The number of hydrogen-bond acceptors (Lipinski definition) is 2. The van der Waals surface area contributed by atoms with Gasteiger partial charge in [-0.05, 0) is 29.8 Å². The molecule has 0 atom stereocenters. The number of rotatable bonds is 3. The Morgan fingerprint density at radius 1 is 0.556 bits per heavy atom. The van der Waals surface area contributed by atoms with Crippen molar-refractivity contribution in [2.75, 3.05) is 0 Å². The van der Waals surface area contributed by atoms with Crippen LogP contribution in [-0.4, -0.2) is 15.2 Å². The van der Waals surface area contributed by atoms with Crippen molar-refractivity contribution >= 4 is 49.7 Å². The van der Waals surface area contributed by atoms with Gasteiger partial charge in [0.05, 0.1) is 22.1 Å². The molecule has 0 radical (unpaired) electrons. The van der Waals surface area contributed by atoms with Gasteiger partial charge < -0.3 is 9.30 Å². The average Bonchev–Trinajstić information content (AvgIpc) is 3.46. The van der Waals surface area contributed by atoms with Crippen molar-refractivity contribution in [1.82, 2.24) is 9.13 Å². The van der Waals surface area contributed by atoms with Crippen molar-refractivity contribution in [2.24, 2.45) is 0 Å². The van der Waals surface area contributed by atoms with Gasteiger partial charge in [-0.25, -0.2) is 9.36 Å². The Morgan fingerprint density at radius 2 is 1.11 bits per heavy atom. The first-order valence-electron chi connectivity index (χ1n) is 12.0. The quantitative estimate of drug-likeness (QED) is 0.264. The van der Waals surface area contributed by atoms with Crippen LogP contribution in [0.25, 0.3) is 49.3 Å². The van der Waals surface area contributed by atoms with Gasteiger partial charge in [-0.2, -0.15) is 0 Å². The van der Waals surface area contributed by atoms with Crippen LogP contribution < -0.4 is 0 Å². The number of hydrogen-bond donors (Lipinski definition) is 0. The Labute approximate surface area is 207 Å². The fraction of sp³-hybridized carbons (Fsp3) is 0.0312. The Morgan fingerprint density at radius 3 is 1.83 bits per heavy atom. The molecule has 0 aliphatic heterocycles. The zero-order valence-electron chi connectivity index (χ0n) is 19.5. The number of ether oxygens (including phenoxy) is 1. The van der Waals surface area contributed by atoms with Crippen LogP contribution >= 0.6 is 0 Å². The summed E-state index contributed by atoms with van der Waals surface area (Å²) in [5.74, 6) is 0. The zero-order chi connectivity index (χ0) is 24.1. The summed E-state index contributed by atoms with van der Waals surface area (Å²) in [4.78, 5) is 13.7. The van der Waals surface area contributed by atoms with Gasteiger partial charge in [-0.1, -0.05) is 97.1 Å². The molecule has 0 unspecified atom stereocenters. The molecule has 0 fully saturated rings. The number of nitrogens with zero attached hydrogens (tertiary/aromatic N) is 2. The predicted octanol–water partition coefficient (Wildman–Crippen LogP) is 8.08. The van der Waals surface area contributed by atoms with Crippen molar-refractivity contribution in [3.8, 4) is 5.69 Å². The maximum Gasteiger partial charge on any atom is 0.419 e. The van der Waals surface area contributed by atoms with Gasteiger partial charge in [0.1, 0.15) is 6.61 Å². The highest BCUT2D eigenvalue weighted by Crippen LogP contribution is 2.40. The second-order valence-electron chi connectivity index (χ2n) is 8.94. The number of aromatic nitrogens is 2. The van der Waals surface area contributed by atoms with Crippen LogP contribution in [0.3, 0.4) is 0 Å². The van der Waals surface area contributed by atoms with Crippen molar-refractivity contribution in [3.05, 3.63) is 127 Å². The van der Waals surface area contributed by atoms with Crippen LogP contribution in [0.1, 0.15) is 5.56 Å². The highest BCUT2D eigenvalue weighted by Gasteiger charge is 2.23. The minimum absolute atomic E-state index is 0.214. The SMILES string of the molecule is O=C(OCc1ccccc1)n1c2ccccc2c2ccc3c4ccccc4n(-c4ccccc4)c3c21. The van der Waals surface area contributed by atoms with E-state index in [0.717, 1.165) is 54.9 Å². The largest absolute Gasteiger partial charge is 0.444 e. The summed E-state index contributed by atoms with van der Waals surface area (Å²) in [6.45, 7) is 0.214. The number of fused-ring (bicyclic) bond motifs is 7. The first-order chi connectivity index (χ1) is 17.8. The molecule has 0 N–H and O–H groups in total. The molecule has 2 heterocycles. The van der Waals surface area contributed by atoms with E-state index in [1.165, 1.54) is 0 Å². The van der Waals surface area contributed by atoms with Gasteiger partial charge in [0.25, 0.3) is 0 Å². The van der Waals surface area contributed by atoms with Gasteiger partial charge >= 0.3 is 6.09 Å². The third-order valence-electron chi connectivity index (χ3n) is 6.87. The van der Waals surface area contributed by atoms with E-state index in [2.05, 4.69) is 59.2 Å². The van der Waals surface area contributed by atoms with Crippen LogP contribution in [0.4, 0.5) is 4.79 Å². The molecule has 0 bridgehead atoms. The maximum absolute atomic E-state index is 13.7. The Hall–Kier alpha value is -4.83. The summed E-state index contributed by atoms with van der Waals surface area (Å²) < 4.78 is 9.87. The van der Waals surface area contributed by atoms with Crippen LogP contribution in [-0.2, 0) is 11.3 Å². The summed E-state index contributed by atoms with van der Waals surface area (Å²) in [7, 11) is 0. The van der Waals surface area contributed by atoms with Crippen molar-refractivity contribution in [3.63, 3.8) is 0 Å². The van der Waals surface area contributed by atoms with Gasteiger partial charge in [-0.15, -0.1) is 0 Å². The van der Waals surface area contributed by atoms with Gasteiger partial charge in [-0.3, -0.25) is 0 Å². The van der Waals surface area contributed by atoms with Crippen LogP contribution in [0, 0.1) is 0 Å². The number of carbonyl (C=O) groups excluding carboxylic acids is 1. The molecule has 0 amide bonds. The molecule has 4 heteroatoms. The number of benzene rings is 5. The van der Waals surface area contributed by atoms with Crippen LogP contribution in [0.15, 0.2) is 121 Å². The van der Waals surface area contributed by atoms with Crippen molar-refractivity contribution in [1.29, 1.82) is 0 Å². The Bertz CT molecular complexity index is 1900. The third kappa shape index (κ3) is 3.05. The lowest BCUT2D eigenvalue weighted by Gasteiger charge is -2.12. The van der Waals surface area contributed by atoms with E-state index < -0.39 is 0 Å². The second-order valence-corrected chi connectivity index (χ2v) is 8.94. The zero-order valence-corrected chi connectivity index (χ0v) is 19.5. The second kappa shape index (κ2) is 8.14. The van der Waals surface area contributed by atoms with Crippen molar-refractivity contribution < 1.29 is 9.53 Å². The molecule has 2 aromatic heterocycles. The minimum Gasteiger partial charge on any atom is -0.444 e. The molecule has 36 heavy (non-hydrogen) atoms. The minimum atomic E-state index is -0.387. The molecule has 7 rings (SSSR count). The molecule has 0 saturated carbocycles. The lowest BCUT2D eigenvalue weighted by molar-refractivity contribution is 0.143. The topological polar surface area (TPSA) is 36.2 Å². The fourth-order valence-corrected chi connectivity index (χ4v) is 5.32. The van der Waals surface area contributed by atoms with Gasteiger partial charge in [0, 0.05) is 27.2 Å². The lowest BCUT2D eigenvalue weighted by Crippen LogP contribution is -2.14. The van der Waals surface area contributed by atoms with Crippen molar-refractivity contribution in [2.45, 2.75) is 6.61 Å². The van der Waals surface area contributed by atoms with E-state index in [-0.39, 0.29) is 12.7 Å². The summed E-state index contributed by atoms with van der Waals surface area (Å²) in [5.41, 5.74) is 5.78. The lowest BCUT2D eigenvalue weighted by atomic mass is 10.1. The third-order valence-corrected chi connectivity index (χ3v) is 6.87. The number of para-hydroxylation sites is 3. The maximum atomic E-state index is 13.7. The van der Waals surface area contributed by atoms with E-state index in [4.69, 9.17) is 4.74 Å². The number of carbonyl (C=O) groups is 1. The molecular formula is C32H22N2O2. The normalized spacial score (nSPS) is 11.6. The molecule has 0 aliphatic carbocycles.